The van der Waals surface area contributed by atoms with Crippen LogP contribution >= 0.6 is 11.6 Å². The number of nitrogens with one attached hydrogen (secondary N) is 1. The lowest BCUT2D eigenvalue weighted by Crippen LogP contribution is -2.27. The lowest BCUT2D eigenvalue weighted by molar-refractivity contribution is 0.222. The van der Waals surface area contributed by atoms with Crippen molar-refractivity contribution in [3.8, 4) is 6.01 Å². The number of methoxy groups -OCH3 is 1. The molecule has 0 aliphatic heterocycles. The SMILES string of the molecule is COc1ncc(Cl)c(NC2CCCC2CO)n1. The van der Waals surface area contributed by atoms with E-state index >= 15 is 0 Å². The molecule has 2 N–H and O–H groups in total. The van der Waals surface area contributed by atoms with Gasteiger partial charge in [0.25, 0.3) is 0 Å². The Labute approximate surface area is 105 Å². The number of anilines is 1. The molecule has 1 aromatic heterocycles. The first-order chi connectivity index (χ1) is 8.24. The largest absolute Gasteiger partial charge is 0.467 e. The van der Waals surface area contributed by atoms with Gasteiger partial charge in [-0.2, -0.15) is 4.98 Å². The molecule has 6 heteroatoms. The molecule has 1 aromatic rings. The van der Waals surface area contributed by atoms with Crippen molar-refractivity contribution in [1.82, 2.24) is 9.97 Å². The fraction of sp³-hybridized carbons (Fsp3) is 0.636. The second-order valence-corrected chi connectivity index (χ2v) is 4.58. The molecule has 0 radical (unpaired) electrons. The molecule has 0 amide bonds. The highest BCUT2D eigenvalue weighted by Gasteiger charge is 2.27. The maximum absolute atomic E-state index is 9.25. The number of aliphatic hydroxyl groups is 1. The van der Waals surface area contributed by atoms with Crippen molar-refractivity contribution in [3.63, 3.8) is 0 Å². The number of rotatable bonds is 4. The monoisotopic (exact) mass is 257 g/mol. The van der Waals surface area contributed by atoms with Crippen LogP contribution in [0.2, 0.25) is 5.02 Å². The highest BCUT2D eigenvalue weighted by Crippen LogP contribution is 2.30. The zero-order chi connectivity index (χ0) is 12.3. The van der Waals surface area contributed by atoms with Crippen molar-refractivity contribution in [3.05, 3.63) is 11.2 Å². The van der Waals surface area contributed by atoms with Crippen molar-refractivity contribution in [2.75, 3.05) is 19.0 Å². The summed E-state index contributed by atoms with van der Waals surface area (Å²) in [6.45, 7) is 0.192. The van der Waals surface area contributed by atoms with Gasteiger partial charge in [0, 0.05) is 18.6 Å². The van der Waals surface area contributed by atoms with E-state index < -0.39 is 0 Å². The smallest absolute Gasteiger partial charge is 0.318 e. The first-order valence-corrected chi connectivity index (χ1v) is 6.06. The third-order valence-corrected chi connectivity index (χ3v) is 3.40. The Kier molecular flexibility index (Phi) is 4.02. The van der Waals surface area contributed by atoms with E-state index in [0.29, 0.717) is 10.8 Å². The Morgan fingerprint density at radius 3 is 3.12 bits per heavy atom. The molecule has 1 heterocycles. The van der Waals surface area contributed by atoms with Crippen LogP contribution in [0.5, 0.6) is 6.01 Å². The number of halogens is 1. The van der Waals surface area contributed by atoms with Crippen LogP contribution in [0, 0.1) is 5.92 Å². The Balaban J connectivity index is 2.12. The quantitative estimate of drug-likeness (QED) is 0.860. The zero-order valence-electron chi connectivity index (χ0n) is 9.69. The van der Waals surface area contributed by atoms with Crippen LogP contribution in [0.4, 0.5) is 5.82 Å². The second kappa shape index (κ2) is 5.51. The van der Waals surface area contributed by atoms with Crippen molar-refractivity contribution < 1.29 is 9.84 Å². The van der Waals surface area contributed by atoms with Crippen molar-refractivity contribution >= 4 is 17.4 Å². The molecule has 2 atom stereocenters. The minimum absolute atomic E-state index is 0.192. The average molecular weight is 258 g/mol. The molecule has 0 saturated heterocycles. The zero-order valence-corrected chi connectivity index (χ0v) is 10.4. The summed E-state index contributed by atoms with van der Waals surface area (Å²) in [5.74, 6) is 0.843. The second-order valence-electron chi connectivity index (χ2n) is 4.18. The predicted octanol–water partition coefficient (Wildman–Crippen LogP) is 1.71. The van der Waals surface area contributed by atoms with E-state index in [-0.39, 0.29) is 24.6 Å². The summed E-state index contributed by atoms with van der Waals surface area (Å²) in [7, 11) is 1.51. The lowest BCUT2D eigenvalue weighted by atomic mass is 10.1. The Morgan fingerprint density at radius 1 is 1.59 bits per heavy atom. The van der Waals surface area contributed by atoms with E-state index in [0.717, 1.165) is 19.3 Å². The van der Waals surface area contributed by atoms with E-state index in [9.17, 15) is 5.11 Å². The Morgan fingerprint density at radius 2 is 2.41 bits per heavy atom. The predicted molar refractivity (Wildman–Crippen MR) is 65.4 cm³/mol. The summed E-state index contributed by atoms with van der Waals surface area (Å²) in [6.07, 6.45) is 4.68. The molecule has 1 saturated carbocycles. The number of hydrogen-bond donors (Lipinski definition) is 2. The van der Waals surface area contributed by atoms with Crippen LogP contribution < -0.4 is 10.1 Å². The van der Waals surface area contributed by atoms with E-state index in [1.165, 1.54) is 13.3 Å². The van der Waals surface area contributed by atoms with E-state index in [1.807, 2.05) is 0 Å². The fourth-order valence-corrected chi connectivity index (χ4v) is 2.32. The number of nitrogens with zero attached hydrogens (tertiary/aromatic N) is 2. The van der Waals surface area contributed by atoms with Crippen LogP contribution in [0.3, 0.4) is 0 Å². The number of aromatic nitrogens is 2. The van der Waals surface area contributed by atoms with Gasteiger partial charge in [-0.3, -0.25) is 0 Å². The highest BCUT2D eigenvalue weighted by molar-refractivity contribution is 6.32. The van der Waals surface area contributed by atoms with Crippen LogP contribution in [0.1, 0.15) is 19.3 Å². The first kappa shape index (κ1) is 12.4. The minimum atomic E-state index is 0.192. The van der Waals surface area contributed by atoms with Gasteiger partial charge in [-0.1, -0.05) is 18.0 Å². The third kappa shape index (κ3) is 2.79. The van der Waals surface area contributed by atoms with Gasteiger partial charge in [-0.15, -0.1) is 0 Å². The molecule has 1 fully saturated rings. The number of ether oxygens (including phenoxy) is 1. The number of hydrogen-bond acceptors (Lipinski definition) is 5. The molecule has 0 bridgehead atoms. The van der Waals surface area contributed by atoms with Gasteiger partial charge in [0.2, 0.25) is 0 Å². The summed E-state index contributed by atoms with van der Waals surface area (Å²) in [6, 6.07) is 0.507. The van der Waals surface area contributed by atoms with E-state index in [1.54, 1.807) is 0 Å². The average Bonchev–Trinajstić information content (AvgIpc) is 2.79. The topological polar surface area (TPSA) is 67.3 Å². The highest BCUT2D eigenvalue weighted by atomic mass is 35.5. The minimum Gasteiger partial charge on any atom is -0.467 e. The molecular formula is C11H16ClN3O2. The summed E-state index contributed by atoms with van der Waals surface area (Å²) in [4.78, 5) is 8.08. The van der Waals surface area contributed by atoms with Gasteiger partial charge in [0.15, 0.2) is 5.82 Å². The van der Waals surface area contributed by atoms with Crippen molar-refractivity contribution in [1.29, 1.82) is 0 Å². The van der Waals surface area contributed by atoms with Gasteiger partial charge in [0.1, 0.15) is 5.02 Å². The molecule has 2 unspecified atom stereocenters. The maximum atomic E-state index is 9.25. The summed E-state index contributed by atoms with van der Waals surface area (Å²) >= 11 is 6.02. The summed E-state index contributed by atoms with van der Waals surface area (Å²) < 4.78 is 4.96. The third-order valence-electron chi connectivity index (χ3n) is 3.12. The summed E-state index contributed by atoms with van der Waals surface area (Å²) in [5, 5.41) is 13.0. The molecule has 0 aromatic carbocycles. The number of aliphatic hydroxyl groups excluding tert-OH is 1. The fourth-order valence-electron chi connectivity index (χ4n) is 2.17. The Hall–Kier alpha value is -1.07. The summed E-state index contributed by atoms with van der Waals surface area (Å²) in [5.41, 5.74) is 0. The standard InChI is InChI=1S/C11H16ClN3O2/c1-17-11-13-5-8(12)10(15-11)14-9-4-2-3-7(9)6-16/h5,7,9,16H,2-4,6H2,1H3,(H,13,14,15). The van der Waals surface area contributed by atoms with E-state index in [4.69, 9.17) is 16.3 Å². The van der Waals surface area contributed by atoms with Crippen LogP contribution in [0.15, 0.2) is 6.20 Å². The molecule has 2 rings (SSSR count). The van der Waals surface area contributed by atoms with Gasteiger partial charge in [-0.05, 0) is 12.8 Å². The Bertz CT molecular complexity index is 389. The first-order valence-electron chi connectivity index (χ1n) is 5.68. The molecular weight excluding hydrogens is 242 g/mol. The lowest BCUT2D eigenvalue weighted by Gasteiger charge is -2.20. The van der Waals surface area contributed by atoms with Crippen molar-refractivity contribution in [2.45, 2.75) is 25.3 Å². The van der Waals surface area contributed by atoms with Gasteiger partial charge >= 0.3 is 6.01 Å². The molecule has 94 valence electrons. The van der Waals surface area contributed by atoms with Crippen LogP contribution in [0.25, 0.3) is 0 Å². The van der Waals surface area contributed by atoms with Crippen molar-refractivity contribution in [2.24, 2.45) is 5.92 Å². The van der Waals surface area contributed by atoms with E-state index in [2.05, 4.69) is 15.3 Å². The normalized spacial score (nSPS) is 23.7. The van der Waals surface area contributed by atoms with Gasteiger partial charge in [0.05, 0.1) is 13.3 Å². The van der Waals surface area contributed by atoms with Gasteiger partial charge < -0.3 is 15.2 Å². The van der Waals surface area contributed by atoms with Crippen LogP contribution in [-0.4, -0.2) is 34.8 Å². The maximum Gasteiger partial charge on any atom is 0.318 e. The molecule has 17 heavy (non-hydrogen) atoms. The van der Waals surface area contributed by atoms with Gasteiger partial charge in [-0.25, -0.2) is 4.98 Å². The molecule has 0 spiro atoms. The molecule has 5 nitrogen and oxygen atoms in total. The molecule has 1 aliphatic rings. The van der Waals surface area contributed by atoms with Crippen LogP contribution in [-0.2, 0) is 0 Å². The molecule has 1 aliphatic carbocycles.